The van der Waals surface area contributed by atoms with E-state index >= 15 is 4.79 Å². The molecule has 0 saturated carbocycles. The third-order valence-electron chi connectivity index (χ3n) is 8.56. The van der Waals surface area contributed by atoms with Gasteiger partial charge in [-0.1, -0.05) is 54.3 Å². The number of rotatable bonds is 7. The smallest absolute Gasteiger partial charge is 0.251 e. The van der Waals surface area contributed by atoms with Crippen molar-refractivity contribution in [2.75, 3.05) is 47.3 Å². The zero-order valence-electron chi connectivity index (χ0n) is 23.9. The quantitative estimate of drug-likeness (QED) is 0.394. The van der Waals surface area contributed by atoms with Crippen molar-refractivity contribution in [3.05, 3.63) is 77.4 Å². The predicted octanol–water partition coefficient (Wildman–Crippen LogP) is 4.40. The minimum absolute atomic E-state index is 0.227. The fourth-order valence-corrected chi connectivity index (χ4v) is 8.86. The molecule has 3 aliphatic rings. The van der Waals surface area contributed by atoms with Crippen molar-refractivity contribution in [3.63, 3.8) is 0 Å². The number of amides is 2. The van der Waals surface area contributed by atoms with Gasteiger partial charge < -0.3 is 24.3 Å². The highest BCUT2D eigenvalue weighted by molar-refractivity contribution is 8.25. The molecule has 0 aliphatic carbocycles. The maximum Gasteiger partial charge on any atom is 0.251 e. The van der Waals surface area contributed by atoms with Crippen molar-refractivity contribution in [2.24, 2.45) is 0 Å². The molecule has 2 amide bonds. The van der Waals surface area contributed by atoms with Crippen molar-refractivity contribution in [1.82, 2.24) is 9.80 Å². The molecule has 42 heavy (non-hydrogen) atoms. The molecule has 1 N–H and O–H groups in total. The average molecular weight is 606 g/mol. The maximum absolute atomic E-state index is 15.1. The van der Waals surface area contributed by atoms with E-state index < -0.39 is 16.2 Å². The minimum atomic E-state index is -1.39. The SMILES string of the molecule is COc1ccc2c(c1)C1(C(=O)N2)N(C)CC(c2cc(OC)c(OC)c(OC)c2)C12SC(=S)N(Cc1ccccc1)C2=O. The van der Waals surface area contributed by atoms with Crippen LogP contribution >= 0.6 is 24.0 Å². The molecule has 0 bridgehead atoms. The van der Waals surface area contributed by atoms with Crippen molar-refractivity contribution in [3.8, 4) is 23.0 Å². The highest BCUT2D eigenvalue weighted by Crippen LogP contribution is 2.66. The molecule has 3 unspecified atom stereocenters. The van der Waals surface area contributed by atoms with Crippen LogP contribution in [-0.2, 0) is 21.7 Å². The summed E-state index contributed by atoms with van der Waals surface area (Å²) in [6.07, 6.45) is 0. The van der Waals surface area contributed by atoms with E-state index in [4.69, 9.17) is 31.2 Å². The fraction of sp³-hybridized carbons (Fsp3) is 0.323. The summed E-state index contributed by atoms with van der Waals surface area (Å²) in [6, 6.07) is 18.9. The number of ether oxygens (including phenoxy) is 4. The molecule has 2 spiro atoms. The standard InChI is InChI=1S/C31H31N3O6S2/c1-33-17-22(19-13-24(38-3)26(40-5)25(14-19)39-4)31(28(36)34(29(41)42-31)16-18-9-7-6-8-10-18)30(33)21-15-20(37-2)11-12-23(21)32-27(30)35/h6-15,22H,16-17H2,1-5H3,(H,32,35). The molecule has 0 aromatic heterocycles. The van der Waals surface area contributed by atoms with Gasteiger partial charge in [0.25, 0.3) is 5.91 Å². The third-order valence-corrected chi connectivity index (χ3v) is 10.5. The predicted molar refractivity (Wildman–Crippen MR) is 165 cm³/mol. The van der Waals surface area contributed by atoms with Gasteiger partial charge in [-0.15, -0.1) is 0 Å². The third kappa shape index (κ3) is 3.76. The van der Waals surface area contributed by atoms with Crippen LogP contribution in [0.2, 0.25) is 0 Å². The molecular formula is C31H31N3O6S2. The molecule has 3 aromatic carbocycles. The molecule has 6 rings (SSSR count). The number of anilines is 1. The summed E-state index contributed by atoms with van der Waals surface area (Å²) in [5, 5.41) is 3.07. The molecule has 2 saturated heterocycles. The van der Waals surface area contributed by atoms with E-state index in [1.165, 1.54) is 11.8 Å². The monoisotopic (exact) mass is 605 g/mol. The van der Waals surface area contributed by atoms with E-state index in [1.54, 1.807) is 39.4 Å². The maximum atomic E-state index is 15.1. The molecule has 2 fully saturated rings. The second kappa shape index (κ2) is 10.5. The summed E-state index contributed by atoms with van der Waals surface area (Å²) >= 11 is 7.22. The van der Waals surface area contributed by atoms with Crippen LogP contribution in [0.25, 0.3) is 0 Å². The lowest BCUT2D eigenvalue weighted by atomic mass is 9.72. The van der Waals surface area contributed by atoms with E-state index in [2.05, 4.69) is 5.32 Å². The molecular weight excluding hydrogens is 574 g/mol. The second-order valence-corrected chi connectivity index (χ2v) is 12.3. The van der Waals surface area contributed by atoms with Crippen molar-refractivity contribution in [1.29, 1.82) is 0 Å². The van der Waals surface area contributed by atoms with Crippen LogP contribution in [0.15, 0.2) is 60.7 Å². The number of methoxy groups -OCH3 is 4. The Kier molecular flexibility index (Phi) is 7.07. The normalized spacial score (nSPS) is 24.8. The number of thiocarbonyl (C=S) groups is 1. The molecule has 3 aromatic rings. The topological polar surface area (TPSA) is 89.6 Å². The number of nitrogens with one attached hydrogen (secondary N) is 1. The highest BCUT2D eigenvalue weighted by atomic mass is 32.2. The largest absolute Gasteiger partial charge is 0.497 e. The Morgan fingerprint density at radius 3 is 2.26 bits per heavy atom. The summed E-state index contributed by atoms with van der Waals surface area (Å²) in [5.41, 5.74) is 1.63. The van der Waals surface area contributed by atoms with E-state index in [-0.39, 0.29) is 11.8 Å². The Labute approximate surface area is 254 Å². The first kappa shape index (κ1) is 28.3. The number of thioether (sulfide) groups is 1. The highest BCUT2D eigenvalue weighted by Gasteiger charge is 2.77. The fourth-order valence-electron chi connectivity index (χ4n) is 6.73. The minimum Gasteiger partial charge on any atom is -0.497 e. The summed E-state index contributed by atoms with van der Waals surface area (Å²) in [6.45, 7) is 0.671. The van der Waals surface area contributed by atoms with Crippen LogP contribution in [0, 0.1) is 0 Å². The summed E-state index contributed by atoms with van der Waals surface area (Å²) < 4.78 is 21.6. The summed E-state index contributed by atoms with van der Waals surface area (Å²) in [5.74, 6) is 0.951. The van der Waals surface area contributed by atoms with Gasteiger partial charge in [-0.05, 0) is 48.5 Å². The first-order chi connectivity index (χ1) is 20.3. The number of carbonyl (C=O) groups excluding carboxylic acids is 2. The lowest BCUT2D eigenvalue weighted by Gasteiger charge is -2.42. The van der Waals surface area contributed by atoms with Gasteiger partial charge >= 0.3 is 0 Å². The van der Waals surface area contributed by atoms with E-state index in [9.17, 15) is 4.79 Å². The van der Waals surface area contributed by atoms with Crippen LogP contribution in [0.4, 0.5) is 5.69 Å². The van der Waals surface area contributed by atoms with Crippen LogP contribution in [0.3, 0.4) is 0 Å². The molecule has 11 heteroatoms. The van der Waals surface area contributed by atoms with Gasteiger partial charge in [-0.3, -0.25) is 19.4 Å². The van der Waals surface area contributed by atoms with Crippen LogP contribution in [-0.4, -0.2) is 72.7 Å². The van der Waals surface area contributed by atoms with Crippen molar-refractivity contribution >= 4 is 45.8 Å². The average Bonchev–Trinajstić information content (AvgIpc) is 3.55. The number of likely N-dealkylation sites (tertiary alicyclic amines) is 1. The molecule has 3 aliphatic heterocycles. The number of nitrogens with zero attached hydrogens (tertiary/aromatic N) is 2. The number of hydrogen-bond donors (Lipinski definition) is 1. The number of likely N-dealkylation sites (N-methyl/N-ethyl adjacent to an activating group) is 1. The van der Waals surface area contributed by atoms with E-state index in [1.807, 2.05) is 66.5 Å². The second-order valence-electron chi connectivity index (χ2n) is 10.4. The Bertz CT molecular complexity index is 1580. The Morgan fingerprint density at radius 1 is 0.952 bits per heavy atom. The molecule has 3 heterocycles. The Morgan fingerprint density at radius 2 is 1.64 bits per heavy atom. The lowest BCUT2D eigenvalue weighted by molar-refractivity contribution is -0.138. The van der Waals surface area contributed by atoms with Crippen LogP contribution in [0.5, 0.6) is 23.0 Å². The zero-order valence-corrected chi connectivity index (χ0v) is 25.6. The summed E-state index contributed by atoms with van der Waals surface area (Å²) in [7, 11) is 8.11. The van der Waals surface area contributed by atoms with Crippen LogP contribution in [0.1, 0.15) is 22.6 Å². The first-order valence-corrected chi connectivity index (χ1v) is 14.6. The Balaban J connectivity index is 1.61. The number of carbonyl (C=O) groups is 2. The van der Waals surface area contributed by atoms with Gasteiger partial charge in [0.05, 0.1) is 35.0 Å². The van der Waals surface area contributed by atoms with Crippen molar-refractivity contribution < 1.29 is 28.5 Å². The zero-order chi connectivity index (χ0) is 29.8. The first-order valence-electron chi connectivity index (χ1n) is 13.4. The van der Waals surface area contributed by atoms with Crippen LogP contribution < -0.4 is 24.3 Å². The van der Waals surface area contributed by atoms with Gasteiger partial charge in [-0.2, -0.15) is 0 Å². The molecule has 218 valence electrons. The molecule has 9 nitrogen and oxygen atoms in total. The van der Waals surface area contributed by atoms with Gasteiger partial charge in [0.1, 0.15) is 14.8 Å². The van der Waals surface area contributed by atoms with Gasteiger partial charge in [0.15, 0.2) is 17.0 Å². The van der Waals surface area contributed by atoms with Crippen molar-refractivity contribution in [2.45, 2.75) is 22.7 Å². The number of hydrogen-bond acceptors (Lipinski definition) is 9. The summed E-state index contributed by atoms with van der Waals surface area (Å²) in [4.78, 5) is 33.1. The lowest BCUT2D eigenvalue weighted by Crippen LogP contribution is -2.61. The van der Waals surface area contributed by atoms with E-state index in [0.29, 0.717) is 51.7 Å². The number of benzene rings is 3. The Hall–Kier alpha value is -3.80. The van der Waals surface area contributed by atoms with E-state index in [0.717, 1.165) is 11.1 Å². The van der Waals surface area contributed by atoms with Gasteiger partial charge in [0, 0.05) is 23.7 Å². The molecule has 3 atom stereocenters. The number of fused-ring (bicyclic) bond motifs is 3. The molecule has 0 radical (unpaired) electrons. The van der Waals surface area contributed by atoms with Gasteiger partial charge in [0.2, 0.25) is 11.7 Å². The van der Waals surface area contributed by atoms with Gasteiger partial charge in [-0.25, -0.2) is 0 Å².